The van der Waals surface area contributed by atoms with Gasteiger partial charge in [-0.3, -0.25) is 14.4 Å². The predicted octanol–water partition coefficient (Wildman–Crippen LogP) is 0.236. The zero-order chi connectivity index (χ0) is 14.3. The van der Waals surface area contributed by atoms with Crippen molar-refractivity contribution < 1.29 is 23.9 Å². The summed E-state index contributed by atoms with van der Waals surface area (Å²) in [6.45, 7) is 1.79. The first-order chi connectivity index (χ1) is 8.99. The van der Waals surface area contributed by atoms with E-state index in [-0.39, 0.29) is 37.1 Å². The first-order valence-electron chi connectivity index (χ1n) is 5.79. The van der Waals surface area contributed by atoms with Crippen LogP contribution in [0.2, 0.25) is 0 Å². The molecule has 1 aromatic rings. The standard InChI is InChI=1S/C12H16N2O5/c1-8(5-11(16)17)6-13-10(15)7-14-12(18)9-3-2-4-19-9/h2-4,8H,5-7H2,1H3,(H,13,15)(H,14,18)(H,16,17). The van der Waals surface area contributed by atoms with Gasteiger partial charge in [-0.2, -0.15) is 0 Å². The Kier molecular flexibility index (Phi) is 5.59. The fourth-order valence-electron chi connectivity index (χ4n) is 1.38. The van der Waals surface area contributed by atoms with Crippen LogP contribution in [0.4, 0.5) is 0 Å². The van der Waals surface area contributed by atoms with Gasteiger partial charge >= 0.3 is 5.97 Å². The Balaban J connectivity index is 2.21. The molecule has 1 unspecified atom stereocenters. The van der Waals surface area contributed by atoms with E-state index in [4.69, 9.17) is 9.52 Å². The van der Waals surface area contributed by atoms with Gasteiger partial charge in [-0.1, -0.05) is 6.92 Å². The van der Waals surface area contributed by atoms with E-state index < -0.39 is 11.9 Å². The lowest BCUT2D eigenvalue weighted by Gasteiger charge is -2.10. The highest BCUT2D eigenvalue weighted by Crippen LogP contribution is 2.00. The van der Waals surface area contributed by atoms with Gasteiger partial charge in [0.2, 0.25) is 5.91 Å². The lowest BCUT2D eigenvalue weighted by atomic mass is 10.1. The van der Waals surface area contributed by atoms with Crippen molar-refractivity contribution in [3.8, 4) is 0 Å². The first-order valence-corrected chi connectivity index (χ1v) is 5.79. The molecule has 1 heterocycles. The predicted molar refractivity (Wildman–Crippen MR) is 65.5 cm³/mol. The van der Waals surface area contributed by atoms with Crippen LogP contribution in [0.25, 0.3) is 0 Å². The number of carboxylic acid groups (broad SMARTS) is 1. The molecule has 0 fully saturated rings. The van der Waals surface area contributed by atoms with Crippen molar-refractivity contribution in [1.29, 1.82) is 0 Å². The summed E-state index contributed by atoms with van der Waals surface area (Å²) in [5, 5.41) is 13.5. The molecular weight excluding hydrogens is 252 g/mol. The molecule has 0 bridgehead atoms. The molecule has 0 aliphatic heterocycles. The molecule has 7 heteroatoms. The van der Waals surface area contributed by atoms with Crippen molar-refractivity contribution in [2.24, 2.45) is 5.92 Å². The average Bonchev–Trinajstić information content (AvgIpc) is 2.86. The zero-order valence-electron chi connectivity index (χ0n) is 10.5. The van der Waals surface area contributed by atoms with Crippen molar-refractivity contribution in [2.45, 2.75) is 13.3 Å². The highest BCUT2D eigenvalue weighted by atomic mass is 16.4. The first kappa shape index (κ1) is 14.7. The Morgan fingerprint density at radius 3 is 2.68 bits per heavy atom. The molecular formula is C12H16N2O5. The molecule has 1 aromatic heterocycles. The summed E-state index contributed by atoms with van der Waals surface area (Å²) >= 11 is 0. The van der Waals surface area contributed by atoms with Crippen molar-refractivity contribution in [3.05, 3.63) is 24.2 Å². The Bertz CT molecular complexity index is 441. The quantitative estimate of drug-likeness (QED) is 0.656. The Morgan fingerprint density at radius 2 is 2.11 bits per heavy atom. The summed E-state index contributed by atoms with van der Waals surface area (Å²) in [4.78, 5) is 33.3. The molecule has 7 nitrogen and oxygen atoms in total. The van der Waals surface area contributed by atoms with Crippen molar-refractivity contribution >= 4 is 17.8 Å². The molecule has 0 radical (unpaired) electrons. The molecule has 0 saturated heterocycles. The maximum Gasteiger partial charge on any atom is 0.303 e. The minimum Gasteiger partial charge on any atom is -0.481 e. The summed E-state index contributed by atoms with van der Waals surface area (Å²) < 4.78 is 4.86. The van der Waals surface area contributed by atoms with E-state index in [0.717, 1.165) is 0 Å². The van der Waals surface area contributed by atoms with E-state index >= 15 is 0 Å². The Morgan fingerprint density at radius 1 is 1.37 bits per heavy atom. The van der Waals surface area contributed by atoms with Crippen LogP contribution < -0.4 is 10.6 Å². The molecule has 0 aromatic carbocycles. The van der Waals surface area contributed by atoms with Gasteiger partial charge in [0.25, 0.3) is 5.91 Å². The fourth-order valence-corrected chi connectivity index (χ4v) is 1.38. The van der Waals surface area contributed by atoms with E-state index in [1.54, 1.807) is 13.0 Å². The highest BCUT2D eigenvalue weighted by molar-refractivity contribution is 5.94. The second-order valence-corrected chi connectivity index (χ2v) is 4.17. The number of rotatable bonds is 7. The number of aliphatic carboxylic acids is 1. The van der Waals surface area contributed by atoms with Crippen LogP contribution in [-0.2, 0) is 9.59 Å². The van der Waals surface area contributed by atoms with Gasteiger partial charge in [-0.25, -0.2) is 0 Å². The Hall–Kier alpha value is -2.31. The monoisotopic (exact) mass is 268 g/mol. The summed E-state index contributed by atoms with van der Waals surface area (Å²) in [5.74, 6) is -1.79. The minimum absolute atomic E-state index is 0.0148. The van der Waals surface area contributed by atoms with Crippen LogP contribution in [0.3, 0.4) is 0 Å². The smallest absolute Gasteiger partial charge is 0.303 e. The lowest BCUT2D eigenvalue weighted by Crippen LogP contribution is -2.38. The average molecular weight is 268 g/mol. The second-order valence-electron chi connectivity index (χ2n) is 4.17. The van der Waals surface area contributed by atoms with Gasteiger partial charge in [0.15, 0.2) is 5.76 Å². The van der Waals surface area contributed by atoms with E-state index in [9.17, 15) is 14.4 Å². The van der Waals surface area contributed by atoms with Crippen molar-refractivity contribution in [2.75, 3.05) is 13.1 Å². The number of carboxylic acids is 1. The molecule has 104 valence electrons. The van der Waals surface area contributed by atoms with E-state index in [0.29, 0.717) is 0 Å². The minimum atomic E-state index is -0.909. The largest absolute Gasteiger partial charge is 0.481 e. The third-order valence-corrected chi connectivity index (χ3v) is 2.33. The van der Waals surface area contributed by atoms with Crippen LogP contribution in [0.5, 0.6) is 0 Å². The van der Waals surface area contributed by atoms with Gasteiger partial charge in [-0.15, -0.1) is 0 Å². The van der Waals surface area contributed by atoms with Crippen LogP contribution in [-0.4, -0.2) is 36.0 Å². The molecule has 0 aliphatic rings. The van der Waals surface area contributed by atoms with Gasteiger partial charge in [-0.05, 0) is 18.1 Å². The van der Waals surface area contributed by atoms with Gasteiger partial charge < -0.3 is 20.2 Å². The number of amides is 2. The summed E-state index contributed by atoms with van der Waals surface area (Å²) in [6, 6.07) is 3.06. The number of hydrogen-bond acceptors (Lipinski definition) is 4. The molecule has 1 atom stereocenters. The van der Waals surface area contributed by atoms with Gasteiger partial charge in [0.1, 0.15) is 0 Å². The molecule has 3 N–H and O–H groups in total. The fraction of sp³-hybridized carbons (Fsp3) is 0.417. The summed E-state index contributed by atoms with van der Waals surface area (Å²) in [6.07, 6.45) is 1.35. The summed E-state index contributed by atoms with van der Waals surface area (Å²) in [7, 11) is 0. The maximum atomic E-state index is 11.4. The van der Waals surface area contributed by atoms with Crippen LogP contribution in [0.15, 0.2) is 22.8 Å². The van der Waals surface area contributed by atoms with E-state index in [2.05, 4.69) is 10.6 Å². The van der Waals surface area contributed by atoms with Crippen molar-refractivity contribution in [1.82, 2.24) is 10.6 Å². The van der Waals surface area contributed by atoms with Gasteiger partial charge in [0.05, 0.1) is 12.8 Å². The SMILES string of the molecule is CC(CNC(=O)CNC(=O)c1ccco1)CC(=O)O. The Labute approximate surface area is 110 Å². The second kappa shape index (κ2) is 7.20. The molecule has 19 heavy (non-hydrogen) atoms. The van der Waals surface area contributed by atoms with E-state index in [1.807, 2.05) is 0 Å². The molecule has 0 saturated carbocycles. The van der Waals surface area contributed by atoms with Crippen LogP contribution in [0.1, 0.15) is 23.9 Å². The highest BCUT2D eigenvalue weighted by Gasteiger charge is 2.12. The number of carbonyl (C=O) groups is 3. The molecule has 0 aliphatic carbocycles. The molecule has 1 rings (SSSR count). The van der Waals surface area contributed by atoms with Crippen LogP contribution in [0, 0.1) is 5.92 Å². The van der Waals surface area contributed by atoms with Crippen molar-refractivity contribution in [3.63, 3.8) is 0 Å². The zero-order valence-corrected chi connectivity index (χ0v) is 10.5. The molecule has 2 amide bonds. The third kappa shape index (κ3) is 5.71. The summed E-state index contributed by atoms with van der Waals surface area (Å²) in [5.41, 5.74) is 0. The number of nitrogens with one attached hydrogen (secondary N) is 2. The van der Waals surface area contributed by atoms with Crippen LogP contribution >= 0.6 is 0 Å². The third-order valence-electron chi connectivity index (χ3n) is 2.33. The number of carbonyl (C=O) groups excluding carboxylic acids is 2. The number of furan rings is 1. The normalized spacial score (nSPS) is 11.6. The topological polar surface area (TPSA) is 109 Å². The lowest BCUT2D eigenvalue weighted by molar-refractivity contribution is -0.138. The van der Waals surface area contributed by atoms with E-state index in [1.165, 1.54) is 12.3 Å². The van der Waals surface area contributed by atoms with Gasteiger partial charge in [0, 0.05) is 13.0 Å². The maximum absolute atomic E-state index is 11.4. The molecule has 0 spiro atoms. The number of hydrogen-bond donors (Lipinski definition) is 3.